The van der Waals surface area contributed by atoms with Gasteiger partial charge in [0.15, 0.2) is 0 Å². The third-order valence-electron chi connectivity index (χ3n) is 6.83. The molecule has 1 N–H and O–H groups in total. The molecule has 0 aliphatic carbocycles. The molecule has 0 aromatic heterocycles. The summed E-state index contributed by atoms with van der Waals surface area (Å²) in [6, 6.07) is 34.0. The van der Waals surface area contributed by atoms with Crippen LogP contribution in [0, 0.1) is 6.92 Å². The van der Waals surface area contributed by atoms with Crippen LogP contribution in [0.3, 0.4) is 0 Å². The molecule has 0 aliphatic heterocycles. The Morgan fingerprint density at radius 2 is 0.906 bits per heavy atom. The predicted octanol–water partition coefficient (Wildman–Crippen LogP) is 8.16. The predicted molar refractivity (Wildman–Crippen MR) is 135 cm³/mol. The highest BCUT2D eigenvalue weighted by Crippen LogP contribution is 2.45. The fraction of sp³-hybridized carbons (Fsp3) is 0.226. The molecule has 0 bridgehead atoms. The molecule has 0 saturated heterocycles. The maximum atomic E-state index is 11.4. The van der Waals surface area contributed by atoms with Crippen LogP contribution in [0.2, 0.25) is 0 Å². The van der Waals surface area contributed by atoms with Crippen LogP contribution in [-0.2, 0) is 0 Å². The van der Waals surface area contributed by atoms with E-state index in [2.05, 4.69) is 112 Å². The molecule has 4 aromatic rings. The summed E-state index contributed by atoms with van der Waals surface area (Å²) >= 11 is 0. The first-order valence-corrected chi connectivity index (χ1v) is 11.5. The van der Waals surface area contributed by atoms with Gasteiger partial charge >= 0.3 is 0 Å². The Morgan fingerprint density at radius 1 is 0.531 bits per heavy atom. The first-order chi connectivity index (χ1) is 15.5. The minimum atomic E-state index is 0.0824. The van der Waals surface area contributed by atoms with Crippen LogP contribution in [0.1, 0.15) is 77.5 Å². The molecular weight excluding hydrogens is 388 g/mol. The van der Waals surface area contributed by atoms with Crippen molar-refractivity contribution in [1.29, 1.82) is 0 Å². The van der Waals surface area contributed by atoms with Crippen LogP contribution in [0.15, 0.2) is 97.1 Å². The second-order valence-corrected chi connectivity index (χ2v) is 8.86. The monoisotopic (exact) mass is 420 g/mol. The molecule has 3 unspecified atom stereocenters. The fourth-order valence-electron chi connectivity index (χ4n) is 4.89. The van der Waals surface area contributed by atoms with E-state index in [0.29, 0.717) is 5.75 Å². The van der Waals surface area contributed by atoms with Gasteiger partial charge in [-0.3, -0.25) is 0 Å². The number of rotatable bonds is 6. The number of hydrogen-bond acceptors (Lipinski definition) is 1. The average Bonchev–Trinajstić information content (AvgIpc) is 2.85. The van der Waals surface area contributed by atoms with Crippen molar-refractivity contribution in [3.05, 3.63) is 136 Å². The van der Waals surface area contributed by atoms with Gasteiger partial charge in [-0.2, -0.15) is 0 Å². The van der Waals surface area contributed by atoms with Gasteiger partial charge in [0, 0.05) is 23.3 Å². The Labute approximate surface area is 192 Å². The van der Waals surface area contributed by atoms with E-state index in [1.165, 1.54) is 27.8 Å². The minimum Gasteiger partial charge on any atom is -0.507 e. The standard InChI is InChI=1S/C31H32O/c1-21-20-28(22(2)25-14-8-5-9-15-25)29(23(3)26-16-10-6-11-17-26)30(31(21)32)24(4)27-18-12-7-13-19-27/h5-20,22-24,32H,1-4H3. The number of aromatic hydroxyl groups is 1. The van der Waals surface area contributed by atoms with Crippen molar-refractivity contribution in [2.24, 2.45) is 0 Å². The maximum Gasteiger partial charge on any atom is 0.122 e. The zero-order valence-electron chi connectivity index (χ0n) is 19.4. The molecule has 4 aromatic carbocycles. The minimum absolute atomic E-state index is 0.0824. The van der Waals surface area contributed by atoms with Gasteiger partial charge in [0.1, 0.15) is 5.75 Å². The Bertz CT molecular complexity index is 1160. The highest BCUT2D eigenvalue weighted by Gasteiger charge is 2.28. The molecule has 0 amide bonds. The Kier molecular flexibility index (Phi) is 6.46. The van der Waals surface area contributed by atoms with E-state index in [0.717, 1.165) is 11.1 Å². The van der Waals surface area contributed by atoms with E-state index in [9.17, 15) is 5.11 Å². The lowest BCUT2D eigenvalue weighted by Crippen LogP contribution is -2.13. The summed E-state index contributed by atoms with van der Waals surface area (Å²) in [5, 5.41) is 11.4. The number of phenolic OH excluding ortho intramolecular Hbond substituents is 1. The number of aryl methyl sites for hydroxylation is 1. The molecule has 3 atom stereocenters. The third-order valence-corrected chi connectivity index (χ3v) is 6.83. The van der Waals surface area contributed by atoms with Crippen molar-refractivity contribution in [2.75, 3.05) is 0 Å². The van der Waals surface area contributed by atoms with Crippen LogP contribution in [-0.4, -0.2) is 5.11 Å². The van der Waals surface area contributed by atoms with Crippen LogP contribution < -0.4 is 0 Å². The first kappa shape index (κ1) is 21.9. The van der Waals surface area contributed by atoms with Crippen molar-refractivity contribution < 1.29 is 5.11 Å². The fourth-order valence-corrected chi connectivity index (χ4v) is 4.89. The zero-order valence-corrected chi connectivity index (χ0v) is 19.4. The second-order valence-electron chi connectivity index (χ2n) is 8.86. The molecule has 162 valence electrons. The van der Waals surface area contributed by atoms with E-state index in [1.807, 2.05) is 13.0 Å². The van der Waals surface area contributed by atoms with Crippen LogP contribution in [0.4, 0.5) is 0 Å². The summed E-state index contributed by atoms with van der Waals surface area (Å²) in [4.78, 5) is 0. The summed E-state index contributed by atoms with van der Waals surface area (Å²) in [5.74, 6) is 0.880. The normalized spacial score (nSPS) is 14.0. The molecule has 4 rings (SSSR count). The van der Waals surface area contributed by atoms with Crippen molar-refractivity contribution in [2.45, 2.75) is 45.4 Å². The Morgan fingerprint density at radius 3 is 1.34 bits per heavy atom. The van der Waals surface area contributed by atoms with Crippen LogP contribution in [0.5, 0.6) is 5.75 Å². The highest BCUT2D eigenvalue weighted by molar-refractivity contribution is 5.58. The van der Waals surface area contributed by atoms with E-state index in [1.54, 1.807) is 0 Å². The Hall–Kier alpha value is -3.32. The molecule has 0 fully saturated rings. The second kappa shape index (κ2) is 9.44. The van der Waals surface area contributed by atoms with Crippen molar-refractivity contribution in [1.82, 2.24) is 0 Å². The number of phenols is 1. The van der Waals surface area contributed by atoms with Crippen molar-refractivity contribution in [3.8, 4) is 5.75 Å². The smallest absolute Gasteiger partial charge is 0.122 e. The summed E-state index contributed by atoms with van der Waals surface area (Å²) in [5.41, 5.74) is 8.28. The molecule has 32 heavy (non-hydrogen) atoms. The largest absolute Gasteiger partial charge is 0.507 e. The maximum absolute atomic E-state index is 11.4. The van der Waals surface area contributed by atoms with Gasteiger partial charge in [0.2, 0.25) is 0 Å². The van der Waals surface area contributed by atoms with Gasteiger partial charge in [-0.15, -0.1) is 0 Å². The zero-order chi connectivity index (χ0) is 22.7. The van der Waals surface area contributed by atoms with Gasteiger partial charge in [-0.25, -0.2) is 0 Å². The topological polar surface area (TPSA) is 20.2 Å². The summed E-state index contributed by atoms with van der Waals surface area (Å²) in [6.45, 7) is 8.78. The van der Waals surface area contributed by atoms with Gasteiger partial charge in [0.05, 0.1) is 0 Å². The molecule has 1 nitrogen and oxygen atoms in total. The average molecular weight is 421 g/mol. The third kappa shape index (κ3) is 4.21. The van der Waals surface area contributed by atoms with E-state index < -0.39 is 0 Å². The highest BCUT2D eigenvalue weighted by atomic mass is 16.3. The van der Waals surface area contributed by atoms with Crippen molar-refractivity contribution in [3.63, 3.8) is 0 Å². The van der Waals surface area contributed by atoms with E-state index in [-0.39, 0.29) is 17.8 Å². The number of hydrogen-bond donors (Lipinski definition) is 1. The van der Waals surface area contributed by atoms with Gasteiger partial charge in [-0.05, 0) is 40.3 Å². The Balaban J connectivity index is 1.98. The van der Waals surface area contributed by atoms with E-state index >= 15 is 0 Å². The molecule has 0 spiro atoms. The van der Waals surface area contributed by atoms with Crippen LogP contribution >= 0.6 is 0 Å². The molecule has 0 heterocycles. The van der Waals surface area contributed by atoms with Gasteiger partial charge in [0.25, 0.3) is 0 Å². The molecule has 1 heteroatoms. The van der Waals surface area contributed by atoms with Crippen LogP contribution in [0.25, 0.3) is 0 Å². The van der Waals surface area contributed by atoms with Crippen molar-refractivity contribution >= 4 is 0 Å². The SMILES string of the molecule is Cc1cc(C(C)c2ccccc2)c(C(C)c2ccccc2)c(C(C)c2ccccc2)c1O. The van der Waals surface area contributed by atoms with Gasteiger partial charge < -0.3 is 5.11 Å². The molecule has 0 saturated carbocycles. The number of benzene rings is 4. The van der Waals surface area contributed by atoms with E-state index in [4.69, 9.17) is 0 Å². The summed E-state index contributed by atoms with van der Waals surface area (Å²) < 4.78 is 0. The summed E-state index contributed by atoms with van der Waals surface area (Å²) in [7, 11) is 0. The molecule has 0 aliphatic rings. The lowest BCUT2D eigenvalue weighted by atomic mass is 9.75. The lowest BCUT2D eigenvalue weighted by Gasteiger charge is -2.29. The van der Waals surface area contributed by atoms with Gasteiger partial charge in [-0.1, -0.05) is 118 Å². The lowest BCUT2D eigenvalue weighted by molar-refractivity contribution is 0.459. The first-order valence-electron chi connectivity index (χ1n) is 11.5. The molecule has 0 radical (unpaired) electrons. The molecular formula is C31H32O. The quantitative estimate of drug-likeness (QED) is 0.333. The summed E-state index contributed by atoms with van der Waals surface area (Å²) in [6.07, 6.45) is 0.